The van der Waals surface area contributed by atoms with Crippen molar-refractivity contribution in [3.8, 4) is 0 Å². The Labute approximate surface area is 133 Å². The van der Waals surface area contributed by atoms with E-state index in [4.69, 9.17) is 4.74 Å². The molecule has 1 aliphatic carbocycles. The van der Waals surface area contributed by atoms with Crippen LogP contribution in [0.25, 0.3) is 0 Å². The lowest BCUT2D eigenvalue weighted by Gasteiger charge is -2.25. The zero-order valence-electron chi connectivity index (χ0n) is 11.7. The summed E-state index contributed by atoms with van der Waals surface area (Å²) in [7, 11) is 0. The summed E-state index contributed by atoms with van der Waals surface area (Å²) in [6.45, 7) is 0.464. The molecule has 2 aromatic rings. The summed E-state index contributed by atoms with van der Waals surface area (Å²) in [6, 6.07) is 15.7. The van der Waals surface area contributed by atoms with Crippen molar-refractivity contribution in [2.45, 2.75) is 25.2 Å². The summed E-state index contributed by atoms with van der Waals surface area (Å²) >= 11 is 3.36. The fraction of sp³-hybridized carbons (Fsp3) is 0.278. The zero-order valence-corrected chi connectivity index (χ0v) is 13.3. The van der Waals surface area contributed by atoms with E-state index in [-0.39, 0.29) is 5.97 Å². The maximum atomic E-state index is 12.1. The van der Waals surface area contributed by atoms with Crippen molar-refractivity contribution in [1.82, 2.24) is 0 Å². The summed E-state index contributed by atoms with van der Waals surface area (Å²) < 4.78 is 6.47. The number of benzene rings is 2. The number of rotatable bonds is 3. The molecule has 1 aliphatic rings. The number of ether oxygens (including phenoxy) is 1. The summed E-state index contributed by atoms with van der Waals surface area (Å²) in [5.74, 6) is 0.0832. The summed E-state index contributed by atoms with van der Waals surface area (Å²) in [5, 5.41) is 0. The van der Waals surface area contributed by atoms with E-state index in [1.165, 1.54) is 11.1 Å². The van der Waals surface area contributed by atoms with Crippen LogP contribution >= 0.6 is 15.9 Å². The normalized spacial score (nSPS) is 17.1. The molecule has 3 heteroatoms. The average Bonchev–Trinajstić information content (AvgIpc) is 2.53. The van der Waals surface area contributed by atoms with Crippen LogP contribution in [-0.2, 0) is 11.2 Å². The Kier molecular flexibility index (Phi) is 4.39. The Morgan fingerprint density at radius 3 is 2.71 bits per heavy atom. The van der Waals surface area contributed by atoms with Gasteiger partial charge in [-0.3, -0.25) is 0 Å². The molecule has 1 atom stereocenters. The van der Waals surface area contributed by atoms with Gasteiger partial charge in [0.2, 0.25) is 0 Å². The molecule has 0 aromatic heterocycles. The number of carbonyl (C=O) groups excluding carboxylic acids is 1. The monoisotopic (exact) mass is 344 g/mol. The molecule has 0 saturated carbocycles. The highest BCUT2D eigenvalue weighted by Gasteiger charge is 2.21. The maximum absolute atomic E-state index is 12.1. The van der Waals surface area contributed by atoms with E-state index in [2.05, 4.69) is 40.2 Å². The molecule has 0 fully saturated rings. The standard InChI is InChI=1S/C18H17BrO2/c19-16-10-8-14(9-11-16)18(20)21-12-15-6-3-5-13-4-1-2-7-17(13)15/h1-2,4,7-11,15H,3,5-6,12H2. The molecule has 21 heavy (non-hydrogen) atoms. The van der Waals surface area contributed by atoms with Crippen molar-refractivity contribution in [3.05, 3.63) is 69.7 Å². The number of halogens is 1. The number of fused-ring (bicyclic) bond motifs is 1. The third-order valence-electron chi connectivity index (χ3n) is 3.99. The van der Waals surface area contributed by atoms with Crippen LogP contribution < -0.4 is 0 Å². The van der Waals surface area contributed by atoms with Crippen LogP contribution in [-0.4, -0.2) is 12.6 Å². The molecular formula is C18H17BrO2. The number of carbonyl (C=O) groups is 1. The van der Waals surface area contributed by atoms with Gasteiger partial charge in [-0.05, 0) is 54.7 Å². The molecule has 2 nitrogen and oxygen atoms in total. The lowest BCUT2D eigenvalue weighted by Crippen LogP contribution is -2.17. The fourth-order valence-electron chi connectivity index (χ4n) is 2.87. The highest BCUT2D eigenvalue weighted by atomic mass is 79.9. The van der Waals surface area contributed by atoms with E-state index in [0.29, 0.717) is 18.1 Å². The third kappa shape index (κ3) is 3.35. The highest BCUT2D eigenvalue weighted by Crippen LogP contribution is 2.31. The predicted octanol–water partition coefficient (Wildman–Crippen LogP) is 4.73. The number of hydrogen-bond donors (Lipinski definition) is 0. The van der Waals surface area contributed by atoms with Gasteiger partial charge in [-0.1, -0.05) is 40.2 Å². The van der Waals surface area contributed by atoms with Gasteiger partial charge in [0.1, 0.15) is 0 Å². The third-order valence-corrected chi connectivity index (χ3v) is 4.52. The molecule has 1 unspecified atom stereocenters. The molecule has 0 amide bonds. The van der Waals surface area contributed by atoms with Crippen LogP contribution in [0, 0.1) is 0 Å². The van der Waals surface area contributed by atoms with Gasteiger partial charge in [-0.25, -0.2) is 4.79 Å². The van der Waals surface area contributed by atoms with Crippen LogP contribution in [0.5, 0.6) is 0 Å². The highest BCUT2D eigenvalue weighted by molar-refractivity contribution is 9.10. The van der Waals surface area contributed by atoms with Crippen LogP contribution in [0.2, 0.25) is 0 Å². The largest absolute Gasteiger partial charge is 0.461 e. The lowest BCUT2D eigenvalue weighted by atomic mass is 9.83. The van der Waals surface area contributed by atoms with Crippen molar-refractivity contribution in [3.63, 3.8) is 0 Å². The predicted molar refractivity (Wildman–Crippen MR) is 86.5 cm³/mol. The van der Waals surface area contributed by atoms with Crippen LogP contribution in [0.3, 0.4) is 0 Å². The molecule has 0 aliphatic heterocycles. The van der Waals surface area contributed by atoms with E-state index in [0.717, 1.165) is 23.7 Å². The van der Waals surface area contributed by atoms with Gasteiger partial charge in [0.05, 0.1) is 12.2 Å². The molecule has 0 heterocycles. The number of esters is 1. The Hall–Kier alpha value is -1.61. The first-order chi connectivity index (χ1) is 10.2. The molecule has 0 N–H and O–H groups in total. The maximum Gasteiger partial charge on any atom is 0.338 e. The van der Waals surface area contributed by atoms with Crippen molar-refractivity contribution in [2.75, 3.05) is 6.61 Å². The fourth-order valence-corrected chi connectivity index (χ4v) is 3.14. The zero-order chi connectivity index (χ0) is 14.7. The van der Waals surface area contributed by atoms with E-state index in [1.807, 2.05) is 12.1 Å². The topological polar surface area (TPSA) is 26.3 Å². The first-order valence-corrected chi connectivity index (χ1v) is 8.04. The first kappa shape index (κ1) is 14.3. The Morgan fingerprint density at radius 1 is 1.14 bits per heavy atom. The van der Waals surface area contributed by atoms with E-state index in [9.17, 15) is 4.79 Å². The minimum Gasteiger partial charge on any atom is -0.461 e. The molecule has 3 rings (SSSR count). The molecule has 0 saturated heterocycles. The molecule has 0 radical (unpaired) electrons. The van der Waals surface area contributed by atoms with Gasteiger partial charge in [0.25, 0.3) is 0 Å². The molecule has 2 aromatic carbocycles. The average molecular weight is 345 g/mol. The Morgan fingerprint density at radius 2 is 1.90 bits per heavy atom. The van der Waals surface area contributed by atoms with E-state index in [1.54, 1.807) is 12.1 Å². The molecule has 108 valence electrons. The van der Waals surface area contributed by atoms with Crippen molar-refractivity contribution in [1.29, 1.82) is 0 Å². The first-order valence-electron chi connectivity index (χ1n) is 7.24. The SMILES string of the molecule is O=C(OCC1CCCc2ccccc21)c1ccc(Br)cc1. The van der Waals surface area contributed by atoms with Gasteiger partial charge in [-0.15, -0.1) is 0 Å². The van der Waals surface area contributed by atoms with Gasteiger partial charge < -0.3 is 4.74 Å². The molecular weight excluding hydrogens is 328 g/mol. The second kappa shape index (κ2) is 6.44. The lowest BCUT2D eigenvalue weighted by molar-refractivity contribution is 0.0472. The molecule has 0 bridgehead atoms. The van der Waals surface area contributed by atoms with Crippen molar-refractivity contribution < 1.29 is 9.53 Å². The quantitative estimate of drug-likeness (QED) is 0.752. The number of aryl methyl sites for hydroxylation is 1. The smallest absolute Gasteiger partial charge is 0.338 e. The second-order valence-corrected chi connectivity index (χ2v) is 6.31. The van der Waals surface area contributed by atoms with E-state index < -0.39 is 0 Å². The van der Waals surface area contributed by atoms with Gasteiger partial charge >= 0.3 is 5.97 Å². The summed E-state index contributed by atoms with van der Waals surface area (Å²) in [5.41, 5.74) is 3.34. The van der Waals surface area contributed by atoms with Gasteiger partial charge in [0, 0.05) is 10.4 Å². The molecule has 0 spiro atoms. The summed E-state index contributed by atoms with van der Waals surface area (Å²) in [4.78, 5) is 12.1. The minimum atomic E-state index is -0.245. The van der Waals surface area contributed by atoms with Crippen LogP contribution in [0.15, 0.2) is 53.0 Å². The summed E-state index contributed by atoms with van der Waals surface area (Å²) in [6.07, 6.45) is 3.38. The Balaban J connectivity index is 1.66. The van der Waals surface area contributed by atoms with Crippen molar-refractivity contribution in [2.24, 2.45) is 0 Å². The van der Waals surface area contributed by atoms with Gasteiger partial charge in [0.15, 0.2) is 0 Å². The number of hydrogen-bond acceptors (Lipinski definition) is 2. The van der Waals surface area contributed by atoms with E-state index >= 15 is 0 Å². The minimum absolute atomic E-state index is 0.245. The Bertz CT molecular complexity index is 634. The van der Waals surface area contributed by atoms with Crippen molar-refractivity contribution >= 4 is 21.9 Å². The van der Waals surface area contributed by atoms with Crippen LogP contribution in [0.1, 0.15) is 40.2 Å². The second-order valence-electron chi connectivity index (χ2n) is 5.39. The van der Waals surface area contributed by atoms with Gasteiger partial charge in [-0.2, -0.15) is 0 Å². The van der Waals surface area contributed by atoms with Crippen LogP contribution in [0.4, 0.5) is 0 Å².